The van der Waals surface area contributed by atoms with Crippen molar-refractivity contribution in [2.75, 3.05) is 9.80 Å². The molecular weight excluding hydrogens is 989 g/mol. The predicted octanol–water partition coefficient (Wildman–Crippen LogP) is 22.1. The summed E-state index contributed by atoms with van der Waals surface area (Å²) >= 11 is 0. The first-order valence-electron chi connectivity index (χ1n) is 29.0. The van der Waals surface area contributed by atoms with Crippen LogP contribution in [0.5, 0.6) is 0 Å². The molecule has 392 valence electrons. The lowest BCUT2D eigenvalue weighted by atomic mass is 9.81. The topological polar surface area (TPSA) is 6.48 Å². The molecule has 0 unspecified atom stereocenters. The van der Waals surface area contributed by atoms with Crippen molar-refractivity contribution in [3.8, 4) is 66.8 Å². The minimum Gasteiger partial charge on any atom is -0.314 e. The van der Waals surface area contributed by atoms with E-state index in [0.717, 1.165) is 41.3 Å². The monoisotopic (exact) mass is 1050 g/mol. The molecule has 3 aliphatic rings. The summed E-state index contributed by atoms with van der Waals surface area (Å²) in [5.74, 6) is 0. The van der Waals surface area contributed by atoms with E-state index in [0.29, 0.717) is 0 Å². The third-order valence-electron chi connectivity index (χ3n) is 18.1. The van der Waals surface area contributed by atoms with E-state index in [2.05, 4.69) is 317 Å². The van der Waals surface area contributed by atoms with Crippen molar-refractivity contribution >= 4 is 50.0 Å². The third-order valence-corrected chi connectivity index (χ3v) is 18.1. The summed E-state index contributed by atoms with van der Waals surface area (Å²) in [5.41, 5.74) is 27.4. The van der Waals surface area contributed by atoms with Gasteiger partial charge >= 0.3 is 0 Å². The van der Waals surface area contributed by atoms with E-state index < -0.39 is 0 Å². The molecule has 0 atom stereocenters. The lowest BCUT2D eigenvalue weighted by Gasteiger charge is -2.30. The number of rotatable bonds is 10. The zero-order valence-corrected chi connectivity index (χ0v) is 46.9. The van der Waals surface area contributed by atoms with Crippen LogP contribution in [-0.4, -0.2) is 0 Å². The highest BCUT2D eigenvalue weighted by molar-refractivity contribution is 6.22. The lowest BCUT2D eigenvalue weighted by molar-refractivity contribution is 0.660. The molecule has 2 heteroatoms. The van der Waals surface area contributed by atoms with Gasteiger partial charge in [-0.1, -0.05) is 228 Å². The molecule has 15 rings (SSSR count). The number of para-hydroxylation sites is 1. The minimum atomic E-state index is -0.0659. The van der Waals surface area contributed by atoms with Gasteiger partial charge in [0.25, 0.3) is 0 Å². The Labute approximate surface area is 482 Å². The first kappa shape index (κ1) is 49.3. The molecule has 12 aromatic rings. The molecule has 0 aromatic heterocycles. The summed E-state index contributed by atoms with van der Waals surface area (Å²) in [7, 11) is 0. The molecule has 0 heterocycles. The summed E-state index contributed by atoms with van der Waals surface area (Å²) < 4.78 is 0. The Morgan fingerprint density at radius 3 is 1.16 bits per heavy atom. The molecular formula is C80H62N2. The predicted molar refractivity (Wildman–Crippen MR) is 348 cm³/mol. The normalized spacial score (nSPS) is 14.2. The summed E-state index contributed by atoms with van der Waals surface area (Å²) in [6, 6.07) is 97.5. The van der Waals surface area contributed by atoms with E-state index in [4.69, 9.17) is 0 Å². The Kier molecular flexibility index (Phi) is 11.7. The van der Waals surface area contributed by atoms with Crippen LogP contribution >= 0.6 is 0 Å². The molecule has 0 amide bonds. The highest BCUT2D eigenvalue weighted by Gasteiger charge is 2.37. The minimum absolute atomic E-state index is 0.0607. The standard InChI is InChI=1S/C80H62N2/c1-79(2)73-31-19-17-29-65(73)67-45-37-57(49-75(67)79)53-33-39-61(40-34-53)81(59-25-13-7-14-26-59)63-43-47-69-71(51-63)77(55-21-9-5-10-22-55)70-48-44-64(52-72(70)78(69)56-23-11-6-12-24-56)82(60-27-15-8-16-28-60)62-41-35-54(36-42-62)58-38-46-68-66-30-18-20-32-74(66)80(3,4)76(68)50-58/h5-15,17-27,29-52H,16,28H2,1-4H3. The second-order valence-corrected chi connectivity index (χ2v) is 23.5. The Balaban J connectivity index is 0.863. The Morgan fingerprint density at radius 1 is 0.293 bits per heavy atom. The van der Waals surface area contributed by atoms with Gasteiger partial charge in [0.05, 0.1) is 0 Å². The van der Waals surface area contributed by atoms with Crippen LogP contribution in [0.3, 0.4) is 0 Å². The zero-order valence-electron chi connectivity index (χ0n) is 46.9. The molecule has 0 saturated carbocycles. The molecule has 0 bridgehead atoms. The van der Waals surface area contributed by atoms with Gasteiger partial charge in [0.15, 0.2) is 0 Å². The molecule has 82 heavy (non-hydrogen) atoms. The van der Waals surface area contributed by atoms with Gasteiger partial charge in [0, 0.05) is 45.0 Å². The molecule has 2 nitrogen and oxygen atoms in total. The van der Waals surface area contributed by atoms with Crippen LogP contribution in [0.2, 0.25) is 0 Å². The van der Waals surface area contributed by atoms with Gasteiger partial charge in [0.2, 0.25) is 0 Å². The number of nitrogens with zero attached hydrogens (tertiary/aromatic N) is 2. The maximum atomic E-state index is 2.49. The van der Waals surface area contributed by atoms with Crippen molar-refractivity contribution < 1.29 is 0 Å². The lowest BCUT2D eigenvalue weighted by Crippen LogP contribution is -2.17. The molecule has 3 aliphatic carbocycles. The van der Waals surface area contributed by atoms with Gasteiger partial charge in [0.1, 0.15) is 0 Å². The zero-order chi connectivity index (χ0) is 55.1. The van der Waals surface area contributed by atoms with E-state index in [-0.39, 0.29) is 10.8 Å². The van der Waals surface area contributed by atoms with E-state index in [9.17, 15) is 0 Å². The highest BCUT2D eigenvalue weighted by atomic mass is 15.2. The molecule has 12 aromatic carbocycles. The quantitative estimate of drug-likeness (QED) is 0.126. The van der Waals surface area contributed by atoms with Crippen molar-refractivity contribution in [2.24, 2.45) is 0 Å². The van der Waals surface area contributed by atoms with Gasteiger partial charge in [-0.25, -0.2) is 0 Å². The SMILES string of the molecule is CC1(C)c2ccccc2-c2ccc(-c3ccc(N(C4=CC=CCC4)c4ccc5c(-c6ccccc6)c6cc(N(c7ccccc7)c7ccc(-c8ccc9c(c8)C(C)(C)c8ccccc8-9)cc7)ccc6c(-c6ccccc6)c5c4)cc3)cc21. The molecule has 0 aliphatic heterocycles. The Bertz CT molecular complexity index is 4530. The third kappa shape index (κ3) is 8.07. The number of hydrogen-bond donors (Lipinski definition) is 0. The van der Waals surface area contributed by atoms with Crippen molar-refractivity contribution in [1.82, 2.24) is 0 Å². The van der Waals surface area contributed by atoms with Gasteiger partial charge in [-0.3, -0.25) is 0 Å². The average Bonchev–Trinajstić information content (AvgIpc) is 4.05. The summed E-state index contributed by atoms with van der Waals surface area (Å²) in [6.45, 7) is 9.44. The molecule has 0 radical (unpaired) electrons. The highest BCUT2D eigenvalue weighted by Crippen LogP contribution is 2.53. The number of allylic oxidation sites excluding steroid dienone is 4. The fraction of sp³-hybridized carbons (Fsp3) is 0.100. The average molecular weight is 1050 g/mol. The van der Waals surface area contributed by atoms with Gasteiger partial charge in [-0.05, 0) is 202 Å². The molecule has 0 fully saturated rings. The smallest absolute Gasteiger partial charge is 0.0468 e. The summed E-state index contributed by atoms with van der Waals surface area (Å²) in [6.07, 6.45) is 8.74. The van der Waals surface area contributed by atoms with Crippen LogP contribution in [0.4, 0.5) is 28.4 Å². The first-order valence-corrected chi connectivity index (χ1v) is 29.0. The van der Waals surface area contributed by atoms with Crippen LogP contribution in [-0.2, 0) is 10.8 Å². The van der Waals surface area contributed by atoms with E-state index in [1.54, 1.807) is 0 Å². The Hall–Kier alpha value is -9.76. The fourth-order valence-electron chi connectivity index (χ4n) is 14.0. The second kappa shape index (κ2) is 19.5. The number of anilines is 5. The summed E-state index contributed by atoms with van der Waals surface area (Å²) in [5, 5.41) is 4.84. The fourth-order valence-corrected chi connectivity index (χ4v) is 14.0. The number of hydrogen-bond acceptors (Lipinski definition) is 2. The largest absolute Gasteiger partial charge is 0.314 e. The van der Waals surface area contributed by atoms with Crippen LogP contribution in [0.1, 0.15) is 62.8 Å². The van der Waals surface area contributed by atoms with Crippen LogP contribution in [0.25, 0.3) is 88.3 Å². The van der Waals surface area contributed by atoms with Crippen molar-refractivity contribution in [3.63, 3.8) is 0 Å². The second-order valence-electron chi connectivity index (χ2n) is 23.5. The van der Waals surface area contributed by atoms with Crippen LogP contribution < -0.4 is 9.80 Å². The van der Waals surface area contributed by atoms with Crippen LogP contribution in [0, 0.1) is 0 Å². The maximum absolute atomic E-state index is 2.49. The molecule has 0 saturated heterocycles. The van der Waals surface area contributed by atoms with Crippen LogP contribution in [0.15, 0.2) is 285 Å². The van der Waals surface area contributed by atoms with Gasteiger partial charge in [-0.15, -0.1) is 0 Å². The first-order chi connectivity index (χ1) is 40.2. The molecule has 0 N–H and O–H groups in total. The Morgan fingerprint density at radius 2 is 0.683 bits per heavy atom. The number of benzene rings is 12. The van der Waals surface area contributed by atoms with E-state index in [1.807, 2.05) is 0 Å². The van der Waals surface area contributed by atoms with Crippen molar-refractivity contribution in [1.29, 1.82) is 0 Å². The molecule has 0 spiro atoms. The maximum Gasteiger partial charge on any atom is 0.0468 e. The summed E-state index contributed by atoms with van der Waals surface area (Å²) in [4.78, 5) is 4.90. The van der Waals surface area contributed by atoms with Crippen molar-refractivity contribution in [2.45, 2.75) is 51.4 Å². The van der Waals surface area contributed by atoms with Gasteiger partial charge < -0.3 is 9.80 Å². The van der Waals surface area contributed by atoms with Gasteiger partial charge in [-0.2, -0.15) is 0 Å². The van der Waals surface area contributed by atoms with E-state index in [1.165, 1.54) is 116 Å². The van der Waals surface area contributed by atoms with Crippen molar-refractivity contribution in [3.05, 3.63) is 307 Å². The number of fused-ring (bicyclic) bond motifs is 8. The van der Waals surface area contributed by atoms with E-state index >= 15 is 0 Å².